The summed E-state index contributed by atoms with van der Waals surface area (Å²) < 4.78 is 0. The molecule has 33 heavy (non-hydrogen) atoms. The lowest BCUT2D eigenvalue weighted by Gasteiger charge is -2.26. The highest BCUT2D eigenvalue weighted by Crippen LogP contribution is 2.26. The number of hydrogen-bond donors (Lipinski definition) is 2. The normalized spacial score (nSPS) is 17.4. The Kier molecular flexibility index (Phi) is 8.40. The minimum atomic E-state index is -0.180. The highest BCUT2D eigenvalue weighted by molar-refractivity contribution is 6.30. The number of carbonyl (C=O) groups is 2. The maximum atomic E-state index is 12.9. The summed E-state index contributed by atoms with van der Waals surface area (Å²) in [4.78, 5) is 28.1. The van der Waals surface area contributed by atoms with E-state index in [0.29, 0.717) is 18.0 Å². The third-order valence-corrected chi connectivity index (χ3v) is 7.07. The summed E-state index contributed by atoms with van der Waals surface area (Å²) in [7, 11) is 0. The molecule has 0 saturated carbocycles. The van der Waals surface area contributed by atoms with Crippen LogP contribution in [-0.4, -0.2) is 48.9 Å². The second kappa shape index (κ2) is 11.7. The first-order valence-electron chi connectivity index (χ1n) is 12.2. The van der Waals surface area contributed by atoms with Crippen molar-refractivity contribution in [2.24, 2.45) is 0 Å². The highest BCUT2D eigenvalue weighted by Gasteiger charge is 2.25. The van der Waals surface area contributed by atoms with Crippen molar-refractivity contribution in [3.05, 3.63) is 70.2 Å². The molecule has 1 atom stereocenters. The van der Waals surface area contributed by atoms with Gasteiger partial charge in [0.2, 0.25) is 11.8 Å². The van der Waals surface area contributed by atoms with Gasteiger partial charge in [-0.3, -0.25) is 9.59 Å². The van der Waals surface area contributed by atoms with E-state index in [1.165, 1.54) is 30.4 Å². The first-order valence-corrected chi connectivity index (χ1v) is 12.6. The number of hydrogen-bond acceptors (Lipinski definition) is 3. The number of halogens is 1. The number of carbonyl (C=O) groups excluding carboxylic acids is 2. The summed E-state index contributed by atoms with van der Waals surface area (Å²) in [5.74, 6) is -0.192. The van der Waals surface area contributed by atoms with E-state index in [1.807, 2.05) is 36.4 Å². The summed E-state index contributed by atoms with van der Waals surface area (Å²) in [6.07, 6.45) is 6.10. The third kappa shape index (κ3) is 7.05. The van der Waals surface area contributed by atoms with Gasteiger partial charge in [-0.1, -0.05) is 54.4 Å². The maximum absolute atomic E-state index is 12.9. The van der Waals surface area contributed by atoms with Crippen molar-refractivity contribution < 1.29 is 9.59 Å². The quantitative estimate of drug-likeness (QED) is 0.584. The van der Waals surface area contributed by atoms with Crippen LogP contribution in [-0.2, 0) is 22.4 Å². The van der Waals surface area contributed by atoms with Crippen molar-refractivity contribution >= 4 is 23.4 Å². The van der Waals surface area contributed by atoms with E-state index >= 15 is 0 Å². The molecule has 2 N–H and O–H groups in total. The molecule has 1 aliphatic heterocycles. The number of likely N-dealkylation sites (tertiary alicyclic amines) is 1. The van der Waals surface area contributed by atoms with Gasteiger partial charge < -0.3 is 15.5 Å². The van der Waals surface area contributed by atoms with Crippen LogP contribution < -0.4 is 10.6 Å². The van der Waals surface area contributed by atoms with Gasteiger partial charge in [0.15, 0.2) is 0 Å². The van der Waals surface area contributed by atoms with E-state index in [9.17, 15) is 9.59 Å². The molecule has 6 heteroatoms. The van der Waals surface area contributed by atoms with Gasteiger partial charge in [-0.15, -0.1) is 0 Å². The van der Waals surface area contributed by atoms with E-state index in [-0.39, 0.29) is 30.2 Å². The number of nitrogens with zero attached hydrogens (tertiary/aromatic N) is 1. The van der Waals surface area contributed by atoms with Crippen molar-refractivity contribution in [1.29, 1.82) is 0 Å². The van der Waals surface area contributed by atoms with Gasteiger partial charge >= 0.3 is 0 Å². The Morgan fingerprint density at radius 3 is 2.21 bits per heavy atom. The standard InChI is InChI=1S/C27H34ClN3O2/c28-24-10-8-20(9-11-24)23(18-26(32)29-12-15-31-13-4-1-5-14-31)19-27(33)30-25-16-21-6-2-3-7-22(21)17-25/h2-3,6-11,23,25H,1,4-5,12-19H2,(H,29,32)(H,30,33). The number of rotatable bonds is 9. The Morgan fingerprint density at radius 1 is 0.909 bits per heavy atom. The van der Waals surface area contributed by atoms with Crippen LogP contribution in [0.2, 0.25) is 5.02 Å². The molecule has 176 valence electrons. The summed E-state index contributed by atoms with van der Waals surface area (Å²) in [6, 6.07) is 16.0. The van der Waals surface area contributed by atoms with Gasteiger partial charge in [-0.2, -0.15) is 0 Å². The predicted octanol–water partition coefficient (Wildman–Crippen LogP) is 4.09. The zero-order valence-corrected chi connectivity index (χ0v) is 19.9. The third-order valence-electron chi connectivity index (χ3n) is 6.82. The topological polar surface area (TPSA) is 61.4 Å². The van der Waals surface area contributed by atoms with Crippen LogP contribution in [0.15, 0.2) is 48.5 Å². The summed E-state index contributed by atoms with van der Waals surface area (Å²) in [5.41, 5.74) is 3.59. The Hall–Kier alpha value is -2.37. The molecule has 2 amide bonds. The molecular weight excluding hydrogens is 434 g/mol. The average molecular weight is 468 g/mol. The smallest absolute Gasteiger partial charge is 0.220 e. The molecule has 1 fully saturated rings. The first kappa shape index (κ1) is 23.8. The van der Waals surface area contributed by atoms with Crippen LogP contribution in [0.5, 0.6) is 0 Å². The maximum Gasteiger partial charge on any atom is 0.220 e. The van der Waals surface area contributed by atoms with E-state index in [2.05, 4.69) is 27.7 Å². The molecule has 1 unspecified atom stereocenters. The van der Waals surface area contributed by atoms with Gasteiger partial charge in [0.1, 0.15) is 0 Å². The number of nitrogens with one attached hydrogen (secondary N) is 2. The van der Waals surface area contributed by atoms with Crippen LogP contribution in [0.3, 0.4) is 0 Å². The molecule has 4 rings (SSSR count). The van der Waals surface area contributed by atoms with Crippen molar-refractivity contribution in [2.75, 3.05) is 26.2 Å². The molecule has 2 aromatic carbocycles. The summed E-state index contributed by atoms with van der Waals surface area (Å²) in [5, 5.41) is 6.90. The molecule has 2 aromatic rings. The van der Waals surface area contributed by atoms with Crippen molar-refractivity contribution in [1.82, 2.24) is 15.5 Å². The molecule has 1 heterocycles. The lowest BCUT2D eigenvalue weighted by molar-refractivity contribution is -0.123. The minimum Gasteiger partial charge on any atom is -0.355 e. The van der Waals surface area contributed by atoms with Gasteiger partial charge in [-0.25, -0.2) is 0 Å². The van der Waals surface area contributed by atoms with E-state index in [4.69, 9.17) is 11.6 Å². The fourth-order valence-electron chi connectivity index (χ4n) is 5.05. The van der Waals surface area contributed by atoms with E-state index in [1.54, 1.807) is 0 Å². The van der Waals surface area contributed by atoms with Crippen LogP contribution in [0, 0.1) is 0 Å². The molecule has 5 nitrogen and oxygen atoms in total. The summed E-state index contributed by atoms with van der Waals surface area (Å²) >= 11 is 6.06. The highest BCUT2D eigenvalue weighted by atomic mass is 35.5. The lowest BCUT2D eigenvalue weighted by atomic mass is 9.91. The SMILES string of the molecule is O=C(CC(CC(=O)NC1Cc2ccccc2C1)c1ccc(Cl)cc1)NCCN1CCCCC1. The number of piperidine rings is 1. The monoisotopic (exact) mass is 467 g/mol. The Morgan fingerprint density at radius 2 is 1.55 bits per heavy atom. The van der Waals surface area contributed by atoms with Gasteiger partial charge in [0, 0.05) is 42.9 Å². The Labute approximate surface area is 201 Å². The minimum absolute atomic E-state index is 0.00567. The van der Waals surface area contributed by atoms with Crippen LogP contribution in [0.4, 0.5) is 0 Å². The van der Waals surface area contributed by atoms with Crippen molar-refractivity contribution in [3.8, 4) is 0 Å². The fraction of sp³-hybridized carbons (Fsp3) is 0.481. The molecule has 1 aliphatic carbocycles. The number of benzene rings is 2. The molecule has 0 radical (unpaired) electrons. The second-order valence-electron chi connectivity index (χ2n) is 9.35. The molecular formula is C27H34ClN3O2. The fourth-order valence-corrected chi connectivity index (χ4v) is 5.17. The van der Waals surface area contributed by atoms with Gasteiger partial charge in [-0.05, 0) is 67.6 Å². The molecule has 0 bridgehead atoms. The number of amides is 2. The molecule has 2 aliphatic rings. The predicted molar refractivity (Wildman–Crippen MR) is 133 cm³/mol. The largest absolute Gasteiger partial charge is 0.355 e. The summed E-state index contributed by atoms with van der Waals surface area (Å²) in [6.45, 7) is 3.78. The van der Waals surface area contributed by atoms with Crippen LogP contribution in [0.1, 0.15) is 54.7 Å². The zero-order chi connectivity index (χ0) is 23.0. The molecule has 0 spiro atoms. The Bertz CT molecular complexity index is 916. The molecule has 0 aromatic heterocycles. The first-order chi connectivity index (χ1) is 16.1. The average Bonchev–Trinajstić information content (AvgIpc) is 3.22. The second-order valence-corrected chi connectivity index (χ2v) is 9.79. The van der Waals surface area contributed by atoms with E-state index in [0.717, 1.165) is 38.0 Å². The number of fused-ring (bicyclic) bond motifs is 1. The van der Waals surface area contributed by atoms with Crippen LogP contribution in [0.25, 0.3) is 0 Å². The van der Waals surface area contributed by atoms with Gasteiger partial charge in [0.25, 0.3) is 0 Å². The van der Waals surface area contributed by atoms with E-state index < -0.39 is 0 Å². The van der Waals surface area contributed by atoms with Crippen molar-refractivity contribution in [2.45, 2.75) is 56.9 Å². The molecule has 1 saturated heterocycles. The Balaban J connectivity index is 1.31. The van der Waals surface area contributed by atoms with Crippen molar-refractivity contribution in [3.63, 3.8) is 0 Å². The lowest BCUT2D eigenvalue weighted by Crippen LogP contribution is -2.38. The van der Waals surface area contributed by atoms with Gasteiger partial charge in [0.05, 0.1) is 0 Å². The zero-order valence-electron chi connectivity index (χ0n) is 19.2. The van der Waals surface area contributed by atoms with Crippen LogP contribution >= 0.6 is 11.6 Å².